The van der Waals surface area contributed by atoms with Crippen LogP contribution in [0.2, 0.25) is 0 Å². The maximum atomic E-state index is 12.6. The molecule has 0 spiro atoms. The molecule has 168 valence electrons. The molecular formula is C24H31FN2O2S2. The fourth-order valence-corrected chi connectivity index (χ4v) is 4.76. The number of anilines is 1. The van der Waals surface area contributed by atoms with E-state index >= 15 is 0 Å². The van der Waals surface area contributed by atoms with Crippen LogP contribution >= 0.6 is 23.5 Å². The number of rotatable bonds is 3. The molecule has 2 aliphatic heterocycles. The molecule has 2 saturated heterocycles. The third-order valence-electron chi connectivity index (χ3n) is 4.79. The highest BCUT2D eigenvalue weighted by molar-refractivity contribution is 7.99. The van der Waals surface area contributed by atoms with E-state index < -0.39 is 5.82 Å². The third kappa shape index (κ3) is 9.05. The predicted molar refractivity (Wildman–Crippen MR) is 133 cm³/mol. The standard InChI is InChI=1S/C12H15NOS.C8H7FO.C4H9NS/c1-10-2-3-11(9-14)12(8-10)13-4-6-15-7-5-13;1-6-2-3-7(5-10)8(9)4-6;1-3-6-4-2-5-1/h2-3,8-9H,4-7H2,1H3;2-5H,1H3;5H,1-4H2. The summed E-state index contributed by atoms with van der Waals surface area (Å²) >= 11 is 4.01. The summed E-state index contributed by atoms with van der Waals surface area (Å²) in [7, 11) is 0. The van der Waals surface area contributed by atoms with Gasteiger partial charge in [0.2, 0.25) is 0 Å². The molecule has 0 unspecified atom stereocenters. The lowest BCUT2D eigenvalue weighted by Gasteiger charge is -2.29. The molecule has 2 fully saturated rings. The molecular weight excluding hydrogens is 431 g/mol. The van der Waals surface area contributed by atoms with Gasteiger partial charge in [-0.2, -0.15) is 23.5 Å². The number of hydrogen-bond acceptors (Lipinski definition) is 6. The van der Waals surface area contributed by atoms with E-state index in [-0.39, 0.29) is 5.56 Å². The van der Waals surface area contributed by atoms with E-state index in [2.05, 4.69) is 23.2 Å². The minimum atomic E-state index is -0.449. The average Bonchev–Trinajstić information content (AvgIpc) is 2.82. The molecule has 7 heteroatoms. The highest BCUT2D eigenvalue weighted by atomic mass is 32.2. The van der Waals surface area contributed by atoms with Crippen LogP contribution in [0.5, 0.6) is 0 Å². The van der Waals surface area contributed by atoms with Gasteiger partial charge in [0.05, 0.1) is 5.56 Å². The van der Waals surface area contributed by atoms with Gasteiger partial charge in [0, 0.05) is 60.4 Å². The lowest BCUT2D eigenvalue weighted by molar-refractivity contribution is 0.111. The van der Waals surface area contributed by atoms with Gasteiger partial charge >= 0.3 is 0 Å². The minimum absolute atomic E-state index is 0.116. The van der Waals surface area contributed by atoms with Gasteiger partial charge in [-0.3, -0.25) is 9.59 Å². The van der Waals surface area contributed by atoms with Crippen molar-refractivity contribution in [2.24, 2.45) is 0 Å². The molecule has 1 N–H and O–H groups in total. The van der Waals surface area contributed by atoms with Crippen LogP contribution in [0, 0.1) is 19.7 Å². The molecule has 2 aromatic rings. The molecule has 4 rings (SSSR count). The predicted octanol–water partition coefficient (Wildman–Crippen LogP) is 4.63. The first kappa shape index (κ1) is 25.4. The Bertz CT molecular complexity index is 827. The quantitative estimate of drug-likeness (QED) is 0.671. The maximum absolute atomic E-state index is 12.6. The van der Waals surface area contributed by atoms with Gasteiger partial charge in [0.1, 0.15) is 5.82 Å². The minimum Gasteiger partial charge on any atom is -0.369 e. The molecule has 0 atom stereocenters. The van der Waals surface area contributed by atoms with E-state index in [1.54, 1.807) is 13.0 Å². The summed E-state index contributed by atoms with van der Waals surface area (Å²) in [5.74, 6) is 4.48. The number of carbonyl (C=O) groups is 2. The van der Waals surface area contributed by atoms with Crippen molar-refractivity contribution in [1.82, 2.24) is 5.32 Å². The molecule has 0 aromatic heterocycles. The van der Waals surface area contributed by atoms with E-state index in [1.165, 1.54) is 42.3 Å². The van der Waals surface area contributed by atoms with Crippen molar-refractivity contribution in [3.63, 3.8) is 0 Å². The lowest BCUT2D eigenvalue weighted by Crippen LogP contribution is -2.33. The number of nitrogens with zero attached hydrogens (tertiary/aromatic N) is 1. The zero-order valence-electron chi connectivity index (χ0n) is 18.2. The largest absolute Gasteiger partial charge is 0.369 e. The first-order valence-corrected chi connectivity index (χ1v) is 12.7. The van der Waals surface area contributed by atoms with Crippen molar-refractivity contribution in [1.29, 1.82) is 0 Å². The Morgan fingerprint density at radius 1 is 0.839 bits per heavy atom. The number of hydrogen-bond donors (Lipinski definition) is 1. The van der Waals surface area contributed by atoms with E-state index in [4.69, 9.17) is 0 Å². The van der Waals surface area contributed by atoms with Crippen molar-refractivity contribution in [2.75, 3.05) is 54.1 Å². The van der Waals surface area contributed by atoms with Crippen LogP contribution in [0.4, 0.5) is 10.1 Å². The smallest absolute Gasteiger partial charge is 0.152 e. The van der Waals surface area contributed by atoms with E-state index in [0.29, 0.717) is 6.29 Å². The van der Waals surface area contributed by atoms with Crippen LogP contribution in [0.25, 0.3) is 0 Å². The van der Waals surface area contributed by atoms with Crippen molar-refractivity contribution in [3.05, 3.63) is 64.5 Å². The number of thioether (sulfide) groups is 2. The van der Waals surface area contributed by atoms with Crippen LogP contribution < -0.4 is 10.2 Å². The number of benzene rings is 2. The van der Waals surface area contributed by atoms with Crippen LogP contribution in [-0.4, -0.2) is 61.8 Å². The highest BCUT2D eigenvalue weighted by Crippen LogP contribution is 2.24. The second kappa shape index (κ2) is 14.3. The fraction of sp³-hybridized carbons (Fsp3) is 0.417. The first-order chi connectivity index (χ1) is 15.0. The molecule has 0 amide bonds. The summed E-state index contributed by atoms with van der Waals surface area (Å²) in [5, 5.41) is 3.26. The Labute approximate surface area is 193 Å². The van der Waals surface area contributed by atoms with Gasteiger partial charge in [-0.1, -0.05) is 12.1 Å². The third-order valence-corrected chi connectivity index (χ3v) is 6.72. The Hall–Kier alpha value is -1.83. The average molecular weight is 463 g/mol. The summed E-state index contributed by atoms with van der Waals surface area (Å²) in [6.45, 7) is 8.37. The summed E-state index contributed by atoms with van der Waals surface area (Å²) in [6.07, 6.45) is 1.46. The molecule has 2 heterocycles. The van der Waals surface area contributed by atoms with Crippen LogP contribution in [0.1, 0.15) is 31.8 Å². The zero-order valence-corrected chi connectivity index (χ0v) is 19.9. The second-order valence-electron chi connectivity index (χ2n) is 7.28. The van der Waals surface area contributed by atoms with Crippen molar-refractivity contribution in [2.45, 2.75) is 13.8 Å². The van der Waals surface area contributed by atoms with Crippen molar-refractivity contribution < 1.29 is 14.0 Å². The highest BCUT2D eigenvalue weighted by Gasteiger charge is 2.14. The Kier molecular flexibility index (Phi) is 11.7. The normalized spacial score (nSPS) is 15.6. The summed E-state index contributed by atoms with van der Waals surface area (Å²) in [5.41, 5.74) is 4.07. The second-order valence-corrected chi connectivity index (χ2v) is 9.73. The summed E-state index contributed by atoms with van der Waals surface area (Å²) < 4.78 is 12.6. The van der Waals surface area contributed by atoms with Gasteiger partial charge in [0.25, 0.3) is 0 Å². The number of nitrogens with one attached hydrogen (secondary N) is 1. The zero-order chi connectivity index (χ0) is 22.5. The van der Waals surface area contributed by atoms with Gasteiger partial charge in [-0.05, 0) is 49.2 Å². The number of carbonyl (C=O) groups excluding carboxylic acids is 2. The molecule has 2 aromatic carbocycles. The number of halogens is 1. The Morgan fingerprint density at radius 2 is 1.39 bits per heavy atom. The van der Waals surface area contributed by atoms with E-state index in [0.717, 1.165) is 47.7 Å². The SMILES string of the molecule is C1CSCCN1.Cc1ccc(C=O)c(F)c1.Cc1ccc(C=O)c(N2CCSCC2)c1. The molecule has 0 bridgehead atoms. The molecule has 0 aliphatic carbocycles. The van der Waals surface area contributed by atoms with Crippen molar-refractivity contribution >= 4 is 41.8 Å². The molecule has 0 radical (unpaired) electrons. The Morgan fingerprint density at radius 3 is 1.87 bits per heavy atom. The molecule has 4 nitrogen and oxygen atoms in total. The van der Waals surface area contributed by atoms with Crippen LogP contribution in [0.15, 0.2) is 36.4 Å². The van der Waals surface area contributed by atoms with E-state index in [1.807, 2.05) is 35.7 Å². The maximum Gasteiger partial charge on any atom is 0.152 e. The van der Waals surface area contributed by atoms with Gasteiger partial charge in [0.15, 0.2) is 12.6 Å². The van der Waals surface area contributed by atoms with Crippen molar-refractivity contribution in [3.8, 4) is 0 Å². The molecule has 31 heavy (non-hydrogen) atoms. The molecule has 2 aliphatic rings. The number of aldehydes is 2. The first-order valence-electron chi connectivity index (χ1n) is 10.4. The van der Waals surface area contributed by atoms with Gasteiger partial charge < -0.3 is 10.2 Å². The molecule has 0 saturated carbocycles. The van der Waals surface area contributed by atoms with E-state index in [9.17, 15) is 14.0 Å². The summed E-state index contributed by atoms with van der Waals surface area (Å²) in [4.78, 5) is 23.4. The topological polar surface area (TPSA) is 49.4 Å². The van der Waals surface area contributed by atoms with Gasteiger partial charge in [-0.15, -0.1) is 0 Å². The Balaban J connectivity index is 0.000000183. The summed E-state index contributed by atoms with van der Waals surface area (Å²) in [6, 6.07) is 10.5. The lowest BCUT2D eigenvalue weighted by atomic mass is 10.1. The van der Waals surface area contributed by atoms with Gasteiger partial charge in [-0.25, -0.2) is 4.39 Å². The fourth-order valence-electron chi connectivity index (χ4n) is 3.07. The number of aryl methyl sites for hydroxylation is 2. The van der Waals surface area contributed by atoms with Crippen LogP contribution in [-0.2, 0) is 0 Å². The van der Waals surface area contributed by atoms with Crippen LogP contribution in [0.3, 0.4) is 0 Å². The monoisotopic (exact) mass is 462 g/mol.